The Morgan fingerprint density at radius 1 is 0.667 bits per heavy atom. The van der Waals surface area contributed by atoms with Crippen LogP contribution in [0, 0.1) is 13.8 Å². The number of rotatable bonds is 8. The Bertz CT molecular complexity index is 1760. The Labute approximate surface area is 237 Å². The summed E-state index contributed by atoms with van der Waals surface area (Å²) in [4.78, 5) is 13.1. The van der Waals surface area contributed by atoms with E-state index >= 15 is 0 Å². The number of benzene rings is 4. The van der Waals surface area contributed by atoms with E-state index in [2.05, 4.69) is 14.8 Å². The van der Waals surface area contributed by atoms with Crippen LogP contribution < -0.4 is 14.8 Å². The predicted octanol–water partition coefficient (Wildman–Crippen LogP) is 6.46. The summed E-state index contributed by atoms with van der Waals surface area (Å²) in [6, 6.07) is 21.2. The molecule has 0 unspecified atom stereocenters. The molecule has 0 bridgehead atoms. The number of hydrogen-bond donors (Lipinski definition) is 3. The summed E-state index contributed by atoms with van der Waals surface area (Å²) >= 11 is 12.0. The van der Waals surface area contributed by atoms with Crippen molar-refractivity contribution in [1.29, 1.82) is 0 Å². The van der Waals surface area contributed by atoms with E-state index in [9.17, 15) is 21.6 Å². The minimum absolute atomic E-state index is 0.0553. The molecule has 0 spiro atoms. The van der Waals surface area contributed by atoms with E-state index in [1.807, 2.05) is 6.92 Å². The molecule has 0 fully saturated rings. The smallest absolute Gasteiger partial charge is 0.261 e. The van der Waals surface area contributed by atoms with Gasteiger partial charge in [0.05, 0.1) is 31.2 Å². The van der Waals surface area contributed by atoms with E-state index < -0.39 is 26.0 Å². The molecular formula is C27H23Cl2N3O5S2. The lowest BCUT2D eigenvalue weighted by molar-refractivity contribution is 0.102. The van der Waals surface area contributed by atoms with Crippen molar-refractivity contribution in [2.24, 2.45) is 0 Å². The fourth-order valence-electron chi connectivity index (χ4n) is 3.62. The van der Waals surface area contributed by atoms with E-state index in [1.165, 1.54) is 48.5 Å². The summed E-state index contributed by atoms with van der Waals surface area (Å²) < 4.78 is 56.1. The molecule has 0 radical (unpaired) electrons. The molecule has 0 saturated heterocycles. The molecule has 0 aliphatic heterocycles. The average Bonchev–Trinajstić information content (AvgIpc) is 2.88. The van der Waals surface area contributed by atoms with E-state index in [-0.39, 0.29) is 36.8 Å². The van der Waals surface area contributed by atoms with Crippen molar-refractivity contribution in [3.05, 3.63) is 112 Å². The van der Waals surface area contributed by atoms with Crippen LogP contribution in [-0.2, 0) is 20.0 Å². The maximum atomic E-state index is 13.0. The molecule has 0 aromatic heterocycles. The molecule has 1 amide bonds. The third-order valence-electron chi connectivity index (χ3n) is 5.77. The van der Waals surface area contributed by atoms with Crippen LogP contribution in [0.2, 0.25) is 10.0 Å². The van der Waals surface area contributed by atoms with Gasteiger partial charge in [0.1, 0.15) is 0 Å². The Morgan fingerprint density at radius 3 is 1.79 bits per heavy atom. The number of anilines is 3. The predicted molar refractivity (Wildman–Crippen MR) is 155 cm³/mol. The fraction of sp³-hybridized carbons (Fsp3) is 0.0741. The lowest BCUT2D eigenvalue weighted by Gasteiger charge is -2.14. The molecule has 39 heavy (non-hydrogen) atoms. The molecule has 202 valence electrons. The first-order chi connectivity index (χ1) is 18.4. The quantitative estimate of drug-likeness (QED) is 0.213. The molecule has 4 aromatic rings. The second-order valence-electron chi connectivity index (χ2n) is 8.58. The van der Waals surface area contributed by atoms with Gasteiger partial charge in [0.25, 0.3) is 26.0 Å². The Balaban J connectivity index is 1.49. The van der Waals surface area contributed by atoms with Crippen molar-refractivity contribution in [3.63, 3.8) is 0 Å². The highest BCUT2D eigenvalue weighted by Crippen LogP contribution is 2.31. The summed E-state index contributed by atoms with van der Waals surface area (Å²) in [5.74, 6) is -0.497. The summed E-state index contributed by atoms with van der Waals surface area (Å²) in [6.07, 6.45) is 0. The Hall–Kier alpha value is -3.57. The molecule has 4 rings (SSSR count). The van der Waals surface area contributed by atoms with Crippen LogP contribution in [0.15, 0.2) is 94.7 Å². The highest BCUT2D eigenvalue weighted by atomic mass is 35.5. The van der Waals surface area contributed by atoms with Crippen LogP contribution in [0.25, 0.3) is 0 Å². The number of amides is 1. The number of halogens is 2. The van der Waals surface area contributed by atoms with Crippen molar-refractivity contribution < 1.29 is 21.6 Å². The van der Waals surface area contributed by atoms with Gasteiger partial charge in [0.15, 0.2) is 0 Å². The molecular weight excluding hydrogens is 581 g/mol. The zero-order chi connectivity index (χ0) is 28.4. The number of carbonyl (C=O) groups excluding carboxylic acids is 1. The van der Waals surface area contributed by atoms with Gasteiger partial charge >= 0.3 is 0 Å². The molecule has 0 aliphatic rings. The SMILES string of the molecule is Cc1ccc(S(=O)(=O)Nc2cccc(C(=O)Nc3ccc(S(=O)(=O)Nc4cccc(Cl)c4Cl)cc3)c2C)cc1. The standard InChI is InChI=1S/C27H23Cl2N3O5S2/c1-17-9-13-20(14-10-17)38(34,35)31-24-7-3-5-22(18(24)2)27(33)30-19-11-15-21(16-12-19)39(36,37)32-25-8-4-6-23(28)26(25)29/h3-16,31-32H,1-2H3,(H,30,33). The van der Waals surface area contributed by atoms with Gasteiger partial charge in [0, 0.05) is 11.3 Å². The first kappa shape index (κ1) is 28.4. The second kappa shape index (κ2) is 11.3. The highest BCUT2D eigenvalue weighted by molar-refractivity contribution is 7.93. The van der Waals surface area contributed by atoms with Gasteiger partial charge in [-0.1, -0.05) is 53.0 Å². The number of sulfonamides is 2. The third kappa shape index (κ3) is 6.54. The summed E-state index contributed by atoms with van der Waals surface area (Å²) in [5.41, 5.74) is 2.33. The highest BCUT2D eigenvalue weighted by Gasteiger charge is 2.20. The van der Waals surface area contributed by atoms with Gasteiger partial charge in [-0.15, -0.1) is 0 Å². The minimum atomic E-state index is -3.98. The molecule has 0 aliphatic carbocycles. The van der Waals surface area contributed by atoms with E-state index in [0.717, 1.165) is 5.56 Å². The lowest BCUT2D eigenvalue weighted by Crippen LogP contribution is -2.17. The number of carbonyl (C=O) groups is 1. The number of nitrogens with one attached hydrogen (secondary N) is 3. The van der Waals surface area contributed by atoms with E-state index in [4.69, 9.17) is 23.2 Å². The fourth-order valence-corrected chi connectivity index (χ4v) is 6.21. The van der Waals surface area contributed by atoms with Crippen LogP contribution in [-0.4, -0.2) is 22.7 Å². The molecule has 4 aromatic carbocycles. The second-order valence-corrected chi connectivity index (χ2v) is 12.7. The van der Waals surface area contributed by atoms with Gasteiger partial charge in [-0.3, -0.25) is 14.2 Å². The maximum Gasteiger partial charge on any atom is 0.261 e. The van der Waals surface area contributed by atoms with Gasteiger partial charge in [-0.2, -0.15) is 0 Å². The molecule has 0 saturated carbocycles. The van der Waals surface area contributed by atoms with E-state index in [0.29, 0.717) is 11.3 Å². The zero-order valence-corrected chi connectivity index (χ0v) is 23.8. The third-order valence-corrected chi connectivity index (χ3v) is 9.35. The topological polar surface area (TPSA) is 121 Å². The van der Waals surface area contributed by atoms with Crippen LogP contribution in [0.1, 0.15) is 21.5 Å². The Kier molecular flexibility index (Phi) is 8.22. The van der Waals surface area contributed by atoms with Crippen LogP contribution in [0.5, 0.6) is 0 Å². The summed E-state index contributed by atoms with van der Waals surface area (Å²) in [5, 5.41) is 2.98. The zero-order valence-electron chi connectivity index (χ0n) is 20.7. The minimum Gasteiger partial charge on any atom is -0.322 e. The van der Waals surface area contributed by atoms with Crippen LogP contribution in [0.3, 0.4) is 0 Å². The van der Waals surface area contributed by atoms with E-state index in [1.54, 1.807) is 43.3 Å². The molecule has 3 N–H and O–H groups in total. The lowest BCUT2D eigenvalue weighted by atomic mass is 10.1. The molecule has 0 atom stereocenters. The monoisotopic (exact) mass is 603 g/mol. The largest absolute Gasteiger partial charge is 0.322 e. The van der Waals surface area contributed by atoms with Gasteiger partial charge in [-0.25, -0.2) is 16.8 Å². The first-order valence-corrected chi connectivity index (χ1v) is 15.2. The Morgan fingerprint density at radius 2 is 1.18 bits per heavy atom. The molecule has 12 heteroatoms. The normalized spacial score (nSPS) is 11.6. The van der Waals surface area contributed by atoms with Gasteiger partial charge in [0.2, 0.25) is 0 Å². The molecule has 0 heterocycles. The van der Waals surface area contributed by atoms with Gasteiger partial charge < -0.3 is 5.32 Å². The van der Waals surface area contributed by atoms with Crippen molar-refractivity contribution in [1.82, 2.24) is 0 Å². The van der Waals surface area contributed by atoms with Crippen molar-refractivity contribution in [2.45, 2.75) is 23.6 Å². The maximum absolute atomic E-state index is 13.0. The summed E-state index contributed by atoms with van der Waals surface area (Å²) in [7, 11) is -7.84. The number of hydrogen-bond acceptors (Lipinski definition) is 5. The van der Waals surface area contributed by atoms with Crippen molar-refractivity contribution in [3.8, 4) is 0 Å². The average molecular weight is 605 g/mol. The molecule has 8 nitrogen and oxygen atoms in total. The number of aryl methyl sites for hydroxylation is 1. The first-order valence-electron chi connectivity index (χ1n) is 11.4. The van der Waals surface area contributed by atoms with Crippen molar-refractivity contribution >= 4 is 66.2 Å². The summed E-state index contributed by atoms with van der Waals surface area (Å²) in [6.45, 7) is 3.49. The van der Waals surface area contributed by atoms with Gasteiger partial charge in [-0.05, 0) is 80.1 Å². The van der Waals surface area contributed by atoms with Crippen LogP contribution in [0.4, 0.5) is 17.1 Å². The van der Waals surface area contributed by atoms with Crippen molar-refractivity contribution in [2.75, 3.05) is 14.8 Å². The van der Waals surface area contributed by atoms with Crippen LogP contribution >= 0.6 is 23.2 Å².